The molecule has 2 amide bonds. The van der Waals surface area contributed by atoms with Crippen molar-refractivity contribution in [3.8, 4) is 0 Å². The average Bonchev–Trinajstić information content (AvgIpc) is 2.84. The van der Waals surface area contributed by atoms with Crippen LogP contribution in [-0.2, 0) is 6.42 Å². The number of rotatable bonds is 5. The number of nitro groups is 1. The Kier molecular flexibility index (Phi) is 5.37. The highest BCUT2D eigenvalue weighted by molar-refractivity contribution is 9.10. The van der Waals surface area contributed by atoms with Crippen LogP contribution in [0.5, 0.6) is 0 Å². The van der Waals surface area contributed by atoms with Gasteiger partial charge in [0, 0.05) is 32.6 Å². The third-order valence-electron chi connectivity index (χ3n) is 5.93. The van der Waals surface area contributed by atoms with Crippen molar-refractivity contribution >= 4 is 61.3 Å². The summed E-state index contributed by atoms with van der Waals surface area (Å²) in [5.74, 6) is -1.03. The molecule has 4 aromatic rings. The smallest absolute Gasteiger partial charge is 0.294 e. The van der Waals surface area contributed by atoms with E-state index in [0.29, 0.717) is 34.1 Å². The van der Waals surface area contributed by atoms with Gasteiger partial charge in [-0.2, -0.15) is 0 Å². The second-order valence-corrected chi connectivity index (χ2v) is 8.78. The third kappa shape index (κ3) is 3.43. The number of halogens is 1. The highest BCUT2D eigenvalue weighted by atomic mass is 79.9. The number of nitro benzene ring substituents is 1. The van der Waals surface area contributed by atoms with E-state index in [1.54, 1.807) is 42.5 Å². The molecule has 4 aromatic carbocycles. The van der Waals surface area contributed by atoms with Gasteiger partial charge in [-0.3, -0.25) is 19.7 Å². The molecule has 0 radical (unpaired) electrons. The van der Waals surface area contributed by atoms with E-state index in [9.17, 15) is 19.7 Å². The molecule has 0 saturated carbocycles. The van der Waals surface area contributed by atoms with Crippen molar-refractivity contribution < 1.29 is 14.5 Å². The summed E-state index contributed by atoms with van der Waals surface area (Å²) in [5, 5.41) is 16.0. The number of anilines is 3. The minimum Gasteiger partial charge on any atom is -0.349 e. The number of hydrogen-bond acceptors (Lipinski definition) is 5. The van der Waals surface area contributed by atoms with Crippen LogP contribution in [-0.4, -0.2) is 16.7 Å². The van der Waals surface area contributed by atoms with Crippen LogP contribution in [0.15, 0.2) is 77.3 Å². The first-order valence-corrected chi connectivity index (χ1v) is 11.4. The number of carbonyl (C=O) groups is 2. The Morgan fingerprint density at radius 1 is 0.941 bits per heavy atom. The van der Waals surface area contributed by atoms with Gasteiger partial charge >= 0.3 is 0 Å². The fraction of sp³-hybridized carbons (Fsp3) is 0.0769. The number of hydrogen-bond donors (Lipinski definition) is 1. The van der Waals surface area contributed by atoms with Crippen molar-refractivity contribution in [3.63, 3.8) is 0 Å². The van der Waals surface area contributed by atoms with Gasteiger partial charge in [-0.25, -0.2) is 4.90 Å². The van der Waals surface area contributed by atoms with Gasteiger partial charge in [-0.1, -0.05) is 53.2 Å². The lowest BCUT2D eigenvalue weighted by Gasteiger charge is -2.29. The monoisotopic (exact) mass is 515 g/mol. The molecule has 0 spiro atoms. The molecule has 1 aliphatic rings. The second kappa shape index (κ2) is 8.39. The van der Waals surface area contributed by atoms with E-state index < -0.39 is 16.7 Å². The molecule has 1 aliphatic heterocycles. The number of imide groups is 1. The van der Waals surface area contributed by atoms with Gasteiger partial charge < -0.3 is 5.32 Å². The van der Waals surface area contributed by atoms with Crippen molar-refractivity contribution in [2.75, 3.05) is 10.2 Å². The predicted octanol–water partition coefficient (Wildman–Crippen LogP) is 6.62. The van der Waals surface area contributed by atoms with Crippen molar-refractivity contribution in [2.24, 2.45) is 0 Å². The predicted molar refractivity (Wildman–Crippen MR) is 135 cm³/mol. The van der Waals surface area contributed by atoms with Crippen LogP contribution in [0.25, 0.3) is 10.8 Å². The minimum absolute atomic E-state index is 0.129. The summed E-state index contributed by atoms with van der Waals surface area (Å²) in [6.45, 7) is 1.94. The summed E-state index contributed by atoms with van der Waals surface area (Å²) in [6, 6.07) is 20.7. The van der Waals surface area contributed by atoms with E-state index in [-0.39, 0.29) is 16.9 Å². The molecule has 168 valence electrons. The number of nitrogens with one attached hydrogen (secondary N) is 1. The molecule has 0 aromatic heterocycles. The molecule has 0 saturated heterocycles. The molecule has 0 bridgehead atoms. The van der Waals surface area contributed by atoms with Gasteiger partial charge in [0.15, 0.2) is 0 Å². The van der Waals surface area contributed by atoms with E-state index in [1.165, 1.54) is 6.07 Å². The van der Waals surface area contributed by atoms with Gasteiger partial charge in [0.1, 0.15) is 5.69 Å². The van der Waals surface area contributed by atoms with Crippen LogP contribution in [0.4, 0.5) is 22.7 Å². The van der Waals surface area contributed by atoms with Crippen LogP contribution in [0.1, 0.15) is 33.2 Å². The maximum Gasteiger partial charge on any atom is 0.294 e. The van der Waals surface area contributed by atoms with Crippen molar-refractivity contribution in [3.05, 3.63) is 104 Å². The Bertz CT molecular complexity index is 1500. The molecular weight excluding hydrogens is 498 g/mol. The first-order chi connectivity index (χ1) is 16.4. The Labute approximate surface area is 203 Å². The largest absolute Gasteiger partial charge is 0.349 e. The first kappa shape index (κ1) is 21.8. The van der Waals surface area contributed by atoms with E-state index >= 15 is 0 Å². The zero-order valence-corrected chi connectivity index (χ0v) is 19.6. The lowest BCUT2D eigenvalue weighted by molar-refractivity contribution is -0.383. The van der Waals surface area contributed by atoms with Gasteiger partial charge in [-0.15, -0.1) is 0 Å². The number of nitrogens with zero attached hydrogens (tertiary/aromatic N) is 2. The normalized spacial score (nSPS) is 12.8. The second-order valence-electron chi connectivity index (χ2n) is 7.86. The number of amides is 2. The van der Waals surface area contributed by atoms with Gasteiger partial charge in [0.25, 0.3) is 17.5 Å². The van der Waals surface area contributed by atoms with E-state index in [1.807, 2.05) is 31.2 Å². The molecule has 0 atom stereocenters. The van der Waals surface area contributed by atoms with Crippen LogP contribution >= 0.6 is 15.9 Å². The summed E-state index contributed by atoms with van der Waals surface area (Å²) >= 11 is 3.38. The van der Waals surface area contributed by atoms with Crippen LogP contribution < -0.4 is 10.2 Å². The molecule has 8 heteroatoms. The van der Waals surface area contributed by atoms with Gasteiger partial charge in [0.2, 0.25) is 0 Å². The lowest BCUT2D eigenvalue weighted by atomic mass is 9.91. The van der Waals surface area contributed by atoms with Gasteiger partial charge in [0.05, 0.1) is 16.2 Å². The van der Waals surface area contributed by atoms with Crippen LogP contribution in [0, 0.1) is 10.1 Å². The number of para-hydroxylation sites is 1. The average molecular weight is 516 g/mol. The maximum atomic E-state index is 13.6. The molecule has 7 nitrogen and oxygen atoms in total. The van der Waals surface area contributed by atoms with E-state index in [2.05, 4.69) is 21.2 Å². The fourth-order valence-corrected chi connectivity index (χ4v) is 4.61. The SMILES string of the molecule is CCc1ccccc1N1C(=O)c2cccc3c(Nc4ccc(Br)cc4)c([N+](=O)[O-])cc(c23)C1=O. The summed E-state index contributed by atoms with van der Waals surface area (Å²) in [4.78, 5) is 39.9. The molecule has 1 heterocycles. The van der Waals surface area contributed by atoms with Crippen molar-refractivity contribution in [2.45, 2.75) is 13.3 Å². The summed E-state index contributed by atoms with van der Waals surface area (Å²) in [6.07, 6.45) is 0.625. The topological polar surface area (TPSA) is 92.6 Å². The molecule has 0 unspecified atom stereocenters. The molecule has 0 aliphatic carbocycles. The van der Waals surface area contributed by atoms with E-state index in [4.69, 9.17) is 0 Å². The van der Waals surface area contributed by atoms with E-state index in [0.717, 1.165) is 14.9 Å². The Balaban J connectivity index is 1.75. The molecule has 0 fully saturated rings. The maximum absolute atomic E-state index is 13.6. The van der Waals surface area contributed by atoms with Crippen molar-refractivity contribution in [1.29, 1.82) is 0 Å². The highest BCUT2D eigenvalue weighted by Gasteiger charge is 2.37. The highest BCUT2D eigenvalue weighted by Crippen LogP contribution is 2.42. The quantitative estimate of drug-likeness (QED) is 0.183. The zero-order chi connectivity index (χ0) is 24.0. The van der Waals surface area contributed by atoms with Crippen LogP contribution in [0.2, 0.25) is 0 Å². The summed E-state index contributed by atoms with van der Waals surface area (Å²) in [7, 11) is 0. The third-order valence-corrected chi connectivity index (χ3v) is 6.46. The minimum atomic E-state index is -0.576. The Hall–Kier alpha value is -4.04. The Morgan fingerprint density at radius 3 is 2.35 bits per heavy atom. The molecule has 1 N–H and O–H groups in total. The standard InChI is InChI=1S/C26H18BrN3O4/c1-2-15-6-3-4-9-21(15)29-25(31)19-8-5-7-18-23(19)20(26(29)32)14-22(30(33)34)24(18)28-17-12-10-16(27)11-13-17/h3-14,28H,2H2,1H3. The van der Waals surface area contributed by atoms with Gasteiger partial charge in [-0.05, 0) is 48.4 Å². The zero-order valence-electron chi connectivity index (χ0n) is 18.0. The number of carbonyl (C=O) groups excluding carboxylic acids is 2. The summed E-state index contributed by atoms with van der Waals surface area (Å²) in [5.41, 5.74) is 2.41. The Morgan fingerprint density at radius 2 is 1.65 bits per heavy atom. The van der Waals surface area contributed by atoms with Crippen LogP contribution in [0.3, 0.4) is 0 Å². The van der Waals surface area contributed by atoms with Crippen molar-refractivity contribution in [1.82, 2.24) is 0 Å². The first-order valence-electron chi connectivity index (χ1n) is 10.6. The molecule has 34 heavy (non-hydrogen) atoms. The number of benzene rings is 4. The summed E-state index contributed by atoms with van der Waals surface area (Å²) < 4.78 is 0.869. The number of aryl methyl sites for hydroxylation is 1. The lowest BCUT2D eigenvalue weighted by Crippen LogP contribution is -2.41. The molecular formula is C26H18BrN3O4. The fourth-order valence-electron chi connectivity index (χ4n) is 4.35. The molecule has 5 rings (SSSR count).